The third-order valence-corrected chi connectivity index (χ3v) is 2.74. The molecule has 0 saturated carbocycles. The standard InChI is InChI=1S/C13H22N2O3/c1-6-11(16)15-8-7-14(9-10(15)2)12(17)18-13(3,4)5/h6,10H,1,7-9H2,2-5H3/t10-/m1/s1. The fourth-order valence-corrected chi connectivity index (χ4v) is 1.89. The Morgan fingerprint density at radius 1 is 1.33 bits per heavy atom. The van der Waals surface area contributed by atoms with Gasteiger partial charge in [-0.25, -0.2) is 4.79 Å². The third kappa shape index (κ3) is 3.75. The molecule has 0 N–H and O–H groups in total. The molecule has 1 heterocycles. The number of rotatable bonds is 1. The maximum absolute atomic E-state index is 11.9. The van der Waals surface area contributed by atoms with E-state index in [2.05, 4.69) is 6.58 Å². The Kier molecular flexibility index (Phi) is 4.38. The van der Waals surface area contributed by atoms with E-state index in [9.17, 15) is 9.59 Å². The molecule has 0 spiro atoms. The summed E-state index contributed by atoms with van der Waals surface area (Å²) < 4.78 is 5.31. The molecule has 0 unspecified atom stereocenters. The predicted octanol–water partition coefficient (Wildman–Crippen LogP) is 1.64. The van der Waals surface area contributed by atoms with Crippen LogP contribution >= 0.6 is 0 Å². The molecule has 1 rings (SSSR count). The van der Waals surface area contributed by atoms with Crippen LogP contribution in [0, 0.1) is 0 Å². The number of piperazine rings is 1. The van der Waals surface area contributed by atoms with Crippen LogP contribution in [0.25, 0.3) is 0 Å². The van der Waals surface area contributed by atoms with E-state index in [0.29, 0.717) is 19.6 Å². The maximum atomic E-state index is 11.9. The Morgan fingerprint density at radius 2 is 1.94 bits per heavy atom. The minimum absolute atomic E-state index is 0.0169. The van der Waals surface area contributed by atoms with Gasteiger partial charge in [0.15, 0.2) is 0 Å². The second-order valence-electron chi connectivity index (χ2n) is 5.51. The number of carbonyl (C=O) groups is 2. The zero-order valence-corrected chi connectivity index (χ0v) is 11.6. The second kappa shape index (κ2) is 5.42. The molecule has 0 radical (unpaired) electrons. The van der Waals surface area contributed by atoms with Crippen molar-refractivity contribution >= 4 is 12.0 Å². The lowest BCUT2D eigenvalue weighted by atomic mass is 10.2. The average molecular weight is 254 g/mol. The molecule has 1 atom stereocenters. The molecule has 0 aliphatic carbocycles. The highest BCUT2D eigenvalue weighted by atomic mass is 16.6. The fraction of sp³-hybridized carbons (Fsp3) is 0.692. The van der Waals surface area contributed by atoms with E-state index in [4.69, 9.17) is 4.74 Å². The molecule has 0 aromatic heterocycles. The van der Waals surface area contributed by atoms with Gasteiger partial charge >= 0.3 is 6.09 Å². The lowest BCUT2D eigenvalue weighted by Gasteiger charge is -2.39. The minimum Gasteiger partial charge on any atom is -0.444 e. The van der Waals surface area contributed by atoms with E-state index in [1.54, 1.807) is 9.80 Å². The van der Waals surface area contributed by atoms with Crippen LogP contribution in [0.2, 0.25) is 0 Å². The Morgan fingerprint density at radius 3 is 2.39 bits per heavy atom. The van der Waals surface area contributed by atoms with Crippen LogP contribution in [0.4, 0.5) is 4.79 Å². The van der Waals surface area contributed by atoms with Gasteiger partial charge in [0.05, 0.1) is 0 Å². The van der Waals surface area contributed by atoms with Crippen molar-refractivity contribution in [2.45, 2.75) is 39.3 Å². The van der Waals surface area contributed by atoms with Gasteiger partial charge in [0.2, 0.25) is 5.91 Å². The van der Waals surface area contributed by atoms with Crippen LogP contribution in [0.3, 0.4) is 0 Å². The molecule has 18 heavy (non-hydrogen) atoms. The first kappa shape index (κ1) is 14.5. The number of nitrogens with zero attached hydrogens (tertiary/aromatic N) is 2. The van der Waals surface area contributed by atoms with Crippen molar-refractivity contribution in [3.63, 3.8) is 0 Å². The van der Waals surface area contributed by atoms with Crippen molar-refractivity contribution in [3.8, 4) is 0 Å². The molecular weight excluding hydrogens is 232 g/mol. The van der Waals surface area contributed by atoms with Gasteiger partial charge in [-0.05, 0) is 33.8 Å². The minimum atomic E-state index is -0.492. The first-order chi connectivity index (χ1) is 8.24. The highest BCUT2D eigenvalue weighted by Gasteiger charge is 2.30. The van der Waals surface area contributed by atoms with Crippen LogP contribution in [0.1, 0.15) is 27.7 Å². The average Bonchev–Trinajstić information content (AvgIpc) is 2.25. The summed E-state index contributed by atoms with van der Waals surface area (Å²) in [5, 5.41) is 0. The van der Waals surface area contributed by atoms with Crippen molar-refractivity contribution < 1.29 is 14.3 Å². The van der Waals surface area contributed by atoms with Gasteiger partial charge in [0.25, 0.3) is 0 Å². The highest BCUT2D eigenvalue weighted by molar-refractivity contribution is 5.87. The van der Waals surface area contributed by atoms with Crippen LogP contribution in [0.15, 0.2) is 12.7 Å². The lowest BCUT2D eigenvalue weighted by Crippen LogP contribution is -2.55. The molecule has 0 bridgehead atoms. The summed E-state index contributed by atoms with van der Waals surface area (Å²) in [6.07, 6.45) is 0.986. The van der Waals surface area contributed by atoms with E-state index in [-0.39, 0.29) is 18.0 Å². The summed E-state index contributed by atoms with van der Waals surface area (Å²) in [7, 11) is 0. The monoisotopic (exact) mass is 254 g/mol. The van der Waals surface area contributed by atoms with E-state index < -0.39 is 5.60 Å². The van der Waals surface area contributed by atoms with E-state index in [1.807, 2.05) is 27.7 Å². The Hall–Kier alpha value is -1.52. The first-order valence-corrected chi connectivity index (χ1v) is 6.15. The third-order valence-electron chi connectivity index (χ3n) is 2.74. The largest absolute Gasteiger partial charge is 0.444 e. The van der Waals surface area contributed by atoms with E-state index in [0.717, 1.165) is 0 Å². The molecular formula is C13H22N2O3. The molecule has 1 aliphatic rings. The Labute approximate surface area is 108 Å². The molecule has 1 aliphatic heterocycles. The van der Waals surface area contributed by atoms with Gasteiger partial charge in [-0.15, -0.1) is 0 Å². The van der Waals surface area contributed by atoms with Crippen molar-refractivity contribution in [2.75, 3.05) is 19.6 Å². The summed E-state index contributed by atoms with van der Waals surface area (Å²) in [5.74, 6) is -0.0914. The lowest BCUT2D eigenvalue weighted by molar-refractivity contribution is -0.130. The summed E-state index contributed by atoms with van der Waals surface area (Å²) in [6, 6.07) is -0.0169. The maximum Gasteiger partial charge on any atom is 0.410 e. The van der Waals surface area contributed by atoms with Crippen LogP contribution < -0.4 is 0 Å². The zero-order valence-electron chi connectivity index (χ0n) is 11.6. The summed E-state index contributed by atoms with van der Waals surface area (Å²) in [5.41, 5.74) is -0.492. The molecule has 1 saturated heterocycles. The summed E-state index contributed by atoms with van der Waals surface area (Å²) in [6.45, 7) is 12.4. The number of ether oxygens (including phenoxy) is 1. The molecule has 0 aromatic carbocycles. The van der Waals surface area contributed by atoms with Crippen LogP contribution in [-0.2, 0) is 9.53 Å². The van der Waals surface area contributed by atoms with Crippen LogP contribution in [0.5, 0.6) is 0 Å². The molecule has 102 valence electrons. The van der Waals surface area contributed by atoms with Gasteiger partial charge in [-0.2, -0.15) is 0 Å². The number of hydrogen-bond donors (Lipinski definition) is 0. The van der Waals surface area contributed by atoms with Crippen LogP contribution in [-0.4, -0.2) is 53.1 Å². The van der Waals surface area contributed by atoms with Gasteiger partial charge in [0.1, 0.15) is 5.60 Å². The topological polar surface area (TPSA) is 49.9 Å². The van der Waals surface area contributed by atoms with Crippen molar-refractivity contribution in [3.05, 3.63) is 12.7 Å². The summed E-state index contributed by atoms with van der Waals surface area (Å²) in [4.78, 5) is 26.8. The van der Waals surface area contributed by atoms with Gasteiger partial charge in [0, 0.05) is 25.7 Å². The molecule has 1 fully saturated rings. The van der Waals surface area contributed by atoms with Crippen molar-refractivity contribution in [1.82, 2.24) is 9.80 Å². The number of carbonyl (C=O) groups excluding carboxylic acids is 2. The predicted molar refractivity (Wildman–Crippen MR) is 69.2 cm³/mol. The molecule has 5 nitrogen and oxygen atoms in total. The normalized spacial score (nSPS) is 20.6. The zero-order chi connectivity index (χ0) is 13.9. The highest BCUT2D eigenvalue weighted by Crippen LogP contribution is 2.15. The first-order valence-electron chi connectivity index (χ1n) is 6.15. The summed E-state index contributed by atoms with van der Waals surface area (Å²) >= 11 is 0. The molecule has 2 amide bonds. The number of amides is 2. The molecule has 5 heteroatoms. The van der Waals surface area contributed by atoms with Gasteiger partial charge < -0.3 is 14.5 Å². The SMILES string of the molecule is C=CC(=O)N1CCN(C(=O)OC(C)(C)C)C[C@H]1C. The Bertz CT molecular complexity index is 347. The van der Waals surface area contributed by atoms with E-state index in [1.165, 1.54) is 6.08 Å². The van der Waals surface area contributed by atoms with Gasteiger partial charge in [-0.1, -0.05) is 6.58 Å². The van der Waals surface area contributed by atoms with Crippen molar-refractivity contribution in [2.24, 2.45) is 0 Å². The smallest absolute Gasteiger partial charge is 0.410 e. The molecule has 0 aromatic rings. The van der Waals surface area contributed by atoms with Gasteiger partial charge in [-0.3, -0.25) is 4.79 Å². The van der Waals surface area contributed by atoms with Crippen molar-refractivity contribution in [1.29, 1.82) is 0 Å². The Balaban J connectivity index is 2.58. The van der Waals surface area contributed by atoms with E-state index >= 15 is 0 Å². The quantitative estimate of drug-likeness (QED) is 0.668. The second-order valence-corrected chi connectivity index (χ2v) is 5.51. The fourth-order valence-electron chi connectivity index (χ4n) is 1.89. The number of hydrogen-bond acceptors (Lipinski definition) is 3.